The first-order valence-corrected chi connectivity index (χ1v) is 23.6. The van der Waals surface area contributed by atoms with Gasteiger partial charge in [-0.05, 0) is 133 Å². The predicted molar refractivity (Wildman–Crippen MR) is 283 cm³/mol. The van der Waals surface area contributed by atoms with Crippen LogP contribution < -0.4 is 10.2 Å². The average Bonchev–Trinajstić information content (AvgIpc) is 3.75. The smallest absolute Gasteiger partial charge is 0.134 e. The Balaban J connectivity index is 0.894. The quantitative estimate of drug-likeness (QED) is 0.162. The summed E-state index contributed by atoms with van der Waals surface area (Å²) >= 11 is 0. The van der Waals surface area contributed by atoms with Crippen LogP contribution in [-0.2, 0) is 0 Å². The zero-order valence-corrected chi connectivity index (χ0v) is 37.1. The fraction of sp³-hybridized carbons (Fsp3) is 0.0781. The van der Waals surface area contributed by atoms with Gasteiger partial charge in [0.15, 0.2) is 0 Å². The fourth-order valence-corrected chi connectivity index (χ4v) is 11.1. The summed E-state index contributed by atoms with van der Waals surface area (Å²) in [6.45, 7) is 0. The van der Waals surface area contributed by atoms with Gasteiger partial charge in [-0.2, -0.15) is 0 Å². The van der Waals surface area contributed by atoms with Gasteiger partial charge in [-0.15, -0.1) is 0 Å². The summed E-state index contributed by atoms with van der Waals surface area (Å²) in [6.07, 6.45) is 15.0. The summed E-state index contributed by atoms with van der Waals surface area (Å²) in [5.41, 5.74) is 17.5. The molecule has 0 amide bonds. The molecule has 1 N–H and O–H groups in total. The number of benzene rings is 9. The molecule has 13 rings (SSSR count). The minimum absolute atomic E-state index is 0.0156. The van der Waals surface area contributed by atoms with Gasteiger partial charge in [0, 0.05) is 28.1 Å². The number of hydrogen-bond donors (Lipinski definition) is 1. The summed E-state index contributed by atoms with van der Waals surface area (Å²) in [5.74, 6) is 0.876. The van der Waals surface area contributed by atoms with Gasteiger partial charge in [-0.25, -0.2) is 4.99 Å². The molecule has 0 radical (unpaired) electrons. The molecule has 2 atom stereocenters. The van der Waals surface area contributed by atoms with Gasteiger partial charge in [-0.3, -0.25) is 0 Å². The monoisotopic (exact) mass is 857 g/mol. The zero-order valence-electron chi connectivity index (χ0n) is 37.1. The molecule has 0 bridgehead atoms. The Hall–Kier alpha value is -8.27. The van der Waals surface area contributed by atoms with Crippen LogP contribution in [0.25, 0.3) is 65.9 Å². The number of aliphatic imine (C=N–C) groups is 1. The molecule has 2 aliphatic carbocycles. The maximum atomic E-state index is 5.26. The van der Waals surface area contributed by atoms with E-state index >= 15 is 0 Å². The predicted octanol–water partition coefficient (Wildman–Crippen LogP) is 15.8. The van der Waals surface area contributed by atoms with Crippen molar-refractivity contribution >= 4 is 66.3 Å². The second kappa shape index (κ2) is 16.3. The van der Waals surface area contributed by atoms with Crippen molar-refractivity contribution in [2.24, 2.45) is 4.99 Å². The van der Waals surface area contributed by atoms with Crippen molar-refractivity contribution in [3.05, 3.63) is 270 Å². The number of rotatable bonds is 7. The summed E-state index contributed by atoms with van der Waals surface area (Å²) in [5, 5.41) is 11.3. The Morgan fingerprint density at radius 1 is 0.493 bits per heavy atom. The van der Waals surface area contributed by atoms with Gasteiger partial charge in [-0.1, -0.05) is 194 Å². The standard InChI is InChI=1S/C64H47N3/c1-4-16-42(17-5-1)43-30-34-50(35-31-43)67-61-29-13-12-26-54(61)58-40-47(33-37-62(58)67)46-32-36-56-57(39-46)53-25-11-10-24-52(53)55-28-15-27-51(63(55)56)48-22-14-23-49(38-48)60-41-59(44-18-6-2-7-19-44)65-64(66-60)45-20-8-3-9-21-45/h1-30,32-34,36,38-41,59,62H,31,35,37H2,(H,65,66). The maximum absolute atomic E-state index is 5.26. The van der Waals surface area contributed by atoms with Crippen molar-refractivity contribution < 1.29 is 0 Å². The fourth-order valence-electron chi connectivity index (χ4n) is 11.1. The van der Waals surface area contributed by atoms with E-state index in [1.807, 2.05) is 0 Å². The van der Waals surface area contributed by atoms with E-state index in [0.717, 1.165) is 41.9 Å². The number of nitrogens with one attached hydrogen (secondary N) is 1. The Morgan fingerprint density at radius 3 is 1.96 bits per heavy atom. The molecule has 3 nitrogen and oxygen atoms in total. The third-order valence-corrected chi connectivity index (χ3v) is 14.3. The Labute approximate surface area is 391 Å². The van der Waals surface area contributed by atoms with E-state index in [1.165, 1.54) is 93.8 Å². The lowest BCUT2D eigenvalue weighted by molar-refractivity contribution is 0.758. The molecule has 9 aromatic carbocycles. The minimum Gasteiger partial charge on any atom is -0.359 e. The third-order valence-electron chi connectivity index (χ3n) is 14.3. The number of allylic oxidation sites excluding steroid dienone is 6. The second-order valence-corrected chi connectivity index (χ2v) is 18.1. The molecule has 67 heavy (non-hydrogen) atoms. The van der Waals surface area contributed by atoms with Gasteiger partial charge >= 0.3 is 0 Å². The van der Waals surface area contributed by atoms with Gasteiger partial charge in [0.2, 0.25) is 0 Å². The number of para-hydroxylation sites is 1. The summed E-state index contributed by atoms with van der Waals surface area (Å²) in [7, 11) is 0. The zero-order chi connectivity index (χ0) is 44.3. The highest BCUT2D eigenvalue weighted by Gasteiger charge is 2.37. The van der Waals surface area contributed by atoms with Crippen molar-refractivity contribution in [1.29, 1.82) is 0 Å². The third kappa shape index (κ3) is 6.85. The van der Waals surface area contributed by atoms with Gasteiger partial charge in [0.1, 0.15) is 5.84 Å². The molecule has 0 aromatic heterocycles. The van der Waals surface area contributed by atoms with Crippen LogP contribution in [-0.4, -0.2) is 11.9 Å². The van der Waals surface area contributed by atoms with Crippen molar-refractivity contribution in [3.63, 3.8) is 0 Å². The van der Waals surface area contributed by atoms with E-state index in [0.29, 0.717) is 0 Å². The molecule has 9 aromatic rings. The highest BCUT2D eigenvalue weighted by atomic mass is 15.2. The van der Waals surface area contributed by atoms with Crippen molar-refractivity contribution in [2.75, 3.05) is 4.90 Å². The number of hydrogen-bond acceptors (Lipinski definition) is 3. The molecule has 2 unspecified atom stereocenters. The lowest BCUT2D eigenvalue weighted by atomic mass is 9.86. The summed E-state index contributed by atoms with van der Waals surface area (Å²) in [6, 6.07) is 73.1. The van der Waals surface area contributed by atoms with Gasteiger partial charge in [0.05, 0.1) is 17.8 Å². The van der Waals surface area contributed by atoms with Crippen LogP contribution in [0.2, 0.25) is 0 Å². The van der Waals surface area contributed by atoms with Crippen LogP contribution in [0.1, 0.15) is 58.7 Å². The van der Waals surface area contributed by atoms with Crippen molar-refractivity contribution in [2.45, 2.75) is 31.3 Å². The minimum atomic E-state index is -0.0156. The normalized spacial score (nSPS) is 17.7. The molecule has 0 saturated carbocycles. The molecule has 0 spiro atoms. The van der Waals surface area contributed by atoms with Crippen LogP contribution in [0.15, 0.2) is 241 Å². The summed E-state index contributed by atoms with van der Waals surface area (Å²) in [4.78, 5) is 7.89. The molecule has 318 valence electrons. The van der Waals surface area contributed by atoms with Crippen LogP contribution in [0.5, 0.6) is 0 Å². The first kappa shape index (κ1) is 39.1. The number of amidine groups is 1. The largest absolute Gasteiger partial charge is 0.359 e. The first-order chi connectivity index (χ1) is 33.2. The lowest BCUT2D eigenvalue weighted by Crippen LogP contribution is -2.31. The SMILES string of the molecule is C1=C(c2ccc3c(c2)c2ccccc2c2cccc(-c4cccc(C5=CC(c6ccccc6)NC(c6ccccc6)=N5)c4)c23)C=C2c3ccccc3N(C3=CC=C(c4ccccc4)CC3)C2C1. The summed E-state index contributed by atoms with van der Waals surface area (Å²) < 4.78 is 0. The Kier molecular flexibility index (Phi) is 9.52. The van der Waals surface area contributed by atoms with E-state index in [2.05, 4.69) is 241 Å². The van der Waals surface area contributed by atoms with Crippen LogP contribution >= 0.6 is 0 Å². The van der Waals surface area contributed by atoms with E-state index in [9.17, 15) is 0 Å². The van der Waals surface area contributed by atoms with E-state index in [4.69, 9.17) is 4.99 Å². The number of anilines is 1. The first-order valence-electron chi connectivity index (χ1n) is 23.6. The molecule has 2 aliphatic heterocycles. The average molecular weight is 858 g/mol. The van der Waals surface area contributed by atoms with Crippen LogP contribution in [0.4, 0.5) is 5.69 Å². The Morgan fingerprint density at radius 2 is 1.15 bits per heavy atom. The van der Waals surface area contributed by atoms with Gasteiger partial charge < -0.3 is 10.2 Å². The molecule has 0 saturated heterocycles. The molecule has 2 heterocycles. The number of nitrogens with zero attached hydrogens (tertiary/aromatic N) is 2. The lowest BCUT2D eigenvalue weighted by Gasteiger charge is -2.33. The topological polar surface area (TPSA) is 27.6 Å². The van der Waals surface area contributed by atoms with E-state index < -0.39 is 0 Å². The highest BCUT2D eigenvalue weighted by Crippen LogP contribution is 2.49. The maximum Gasteiger partial charge on any atom is 0.134 e. The van der Waals surface area contributed by atoms with Crippen molar-refractivity contribution in [1.82, 2.24) is 5.32 Å². The van der Waals surface area contributed by atoms with Crippen LogP contribution in [0.3, 0.4) is 0 Å². The van der Waals surface area contributed by atoms with Crippen LogP contribution in [0, 0.1) is 0 Å². The second-order valence-electron chi connectivity index (χ2n) is 18.1. The molecule has 0 fully saturated rings. The molecular weight excluding hydrogens is 811 g/mol. The van der Waals surface area contributed by atoms with E-state index in [-0.39, 0.29) is 12.1 Å². The van der Waals surface area contributed by atoms with E-state index in [1.54, 1.807) is 0 Å². The number of fused-ring (bicyclic) bond motifs is 9. The molecular formula is C64H47N3. The molecule has 4 aliphatic rings. The van der Waals surface area contributed by atoms with Crippen molar-refractivity contribution in [3.8, 4) is 11.1 Å². The van der Waals surface area contributed by atoms with Gasteiger partial charge in [0.25, 0.3) is 0 Å². The highest BCUT2D eigenvalue weighted by molar-refractivity contribution is 6.28. The molecule has 3 heteroatoms. The Bertz CT molecular complexity index is 3630.